The second-order valence-electron chi connectivity index (χ2n) is 9.45. The van der Waals surface area contributed by atoms with Crippen LogP contribution in [0.5, 0.6) is 0 Å². The van der Waals surface area contributed by atoms with Gasteiger partial charge in [-0.25, -0.2) is 13.1 Å². The average Bonchev–Trinajstić information content (AvgIpc) is 3.11. The van der Waals surface area contributed by atoms with E-state index in [0.717, 1.165) is 28.2 Å². The summed E-state index contributed by atoms with van der Waals surface area (Å²) in [4.78, 5) is 25.9. The van der Waals surface area contributed by atoms with Gasteiger partial charge in [0.1, 0.15) is 0 Å². The fourth-order valence-electron chi connectivity index (χ4n) is 4.14. The number of aliphatic hydroxyl groups is 1. The van der Waals surface area contributed by atoms with Gasteiger partial charge < -0.3 is 5.11 Å². The zero-order valence-corrected chi connectivity index (χ0v) is 21.4. The smallest absolute Gasteiger partial charge is 0.280 e. The van der Waals surface area contributed by atoms with Crippen molar-refractivity contribution in [3.8, 4) is 0 Å². The quantitative estimate of drug-likeness (QED) is 0.362. The van der Waals surface area contributed by atoms with Crippen molar-refractivity contribution in [2.24, 2.45) is 5.92 Å². The van der Waals surface area contributed by atoms with Gasteiger partial charge in [0.15, 0.2) is 0 Å². The van der Waals surface area contributed by atoms with Gasteiger partial charge in [-0.05, 0) is 77.5 Å². The van der Waals surface area contributed by atoms with Gasteiger partial charge in [-0.1, -0.05) is 0 Å². The Morgan fingerprint density at radius 1 is 1.09 bits per heavy atom. The predicted molar refractivity (Wildman–Crippen MR) is 127 cm³/mol. The van der Waals surface area contributed by atoms with E-state index in [4.69, 9.17) is 0 Å². The first-order valence-electron chi connectivity index (χ1n) is 10.9. The fourth-order valence-corrected chi connectivity index (χ4v) is 7.26. The molecule has 0 spiro atoms. The largest absolute Gasteiger partial charge is 0.388 e. The van der Waals surface area contributed by atoms with E-state index in [1.54, 1.807) is 20.8 Å². The number of hydrogen-bond acceptors (Lipinski definition) is 7. The number of amides is 2. The molecule has 0 saturated heterocycles. The number of hydrogen-bond donors (Lipinski definition) is 4. The van der Waals surface area contributed by atoms with Gasteiger partial charge in [-0.3, -0.25) is 20.4 Å². The van der Waals surface area contributed by atoms with E-state index >= 15 is 0 Å². The van der Waals surface area contributed by atoms with Crippen LogP contribution < -0.4 is 15.6 Å². The van der Waals surface area contributed by atoms with Crippen LogP contribution in [-0.2, 0) is 21.2 Å². The van der Waals surface area contributed by atoms with Crippen LogP contribution in [0.3, 0.4) is 0 Å². The van der Waals surface area contributed by atoms with Crippen molar-refractivity contribution in [1.29, 1.82) is 0 Å². The topological polar surface area (TPSA) is 125 Å². The van der Waals surface area contributed by atoms with Crippen molar-refractivity contribution in [1.82, 2.24) is 15.6 Å². The van der Waals surface area contributed by atoms with Crippen LogP contribution >= 0.6 is 23.1 Å². The zero-order valence-electron chi connectivity index (χ0n) is 19.0. The molecular formula is C21H33N3O5S3. The van der Waals surface area contributed by atoms with Crippen LogP contribution in [0, 0.1) is 5.92 Å². The first-order chi connectivity index (χ1) is 14.9. The molecule has 1 fully saturated rings. The van der Waals surface area contributed by atoms with E-state index in [-0.39, 0.29) is 23.8 Å². The van der Waals surface area contributed by atoms with E-state index in [2.05, 4.69) is 15.6 Å². The highest BCUT2D eigenvalue weighted by Crippen LogP contribution is 2.43. The molecule has 4 N–H and O–H groups in total. The summed E-state index contributed by atoms with van der Waals surface area (Å²) >= 11 is 2.88. The maximum Gasteiger partial charge on any atom is 0.280 e. The van der Waals surface area contributed by atoms with Crippen LogP contribution in [0.25, 0.3) is 0 Å². The van der Waals surface area contributed by atoms with Gasteiger partial charge in [0.25, 0.3) is 5.91 Å². The Hall–Kier alpha value is -1.14. The van der Waals surface area contributed by atoms with Crippen molar-refractivity contribution in [3.63, 3.8) is 0 Å². The van der Waals surface area contributed by atoms with E-state index in [1.807, 2.05) is 6.26 Å². The van der Waals surface area contributed by atoms with Crippen LogP contribution in [-0.4, -0.2) is 42.4 Å². The summed E-state index contributed by atoms with van der Waals surface area (Å²) in [6, 6.07) is -0.174. The normalized spacial score (nSPS) is 24.0. The molecular weight excluding hydrogens is 470 g/mol. The molecule has 1 heterocycles. The van der Waals surface area contributed by atoms with Gasteiger partial charge >= 0.3 is 0 Å². The highest BCUT2D eigenvalue weighted by atomic mass is 32.2. The SMILES string of the molecule is CSc1sc(C(=O)NNC(=O)[C@H]2CC[C@H](NS(=O)(=O)C(C)(C)C)CC2)c2c1C(O)CCC2. The van der Waals surface area contributed by atoms with Crippen molar-refractivity contribution in [3.05, 3.63) is 16.0 Å². The molecule has 0 aliphatic heterocycles. The lowest BCUT2D eigenvalue weighted by Crippen LogP contribution is -2.48. The van der Waals surface area contributed by atoms with Gasteiger partial charge in [-0.2, -0.15) is 0 Å². The molecule has 1 aromatic rings. The number of fused-ring (bicyclic) bond motifs is 1. The van der Waals surface area contributed by atoms with Crippen molar-refractivity contribution in [2.75, 3.05) is 6.26 Å². The summed E-state index contributed by atoms with van der Waals surface area (Å²) < 4.78 is 27.5. The second kappa shape index (κ2) is 10.0. The molecule has 2 aliphatic rings. The van der Waals surface area contributed by atoms with Gasteiger partial charge in [-0.15, -0.1) is 23.1 Å². The van der Waals surface area contributed by atoms with E-state index in [0.29, 0.717) is 37.0 Å². The summed E-state index contributed by atoms with van der Waals surface area (Å²) in [7, 11) is -3.43. The Morgan fingerprint density at radius 2 is 1.75 bits per heavy atom. The maximum absolute atomic E-state index is 12.8. The molecule has 11 heteroatoms. The van der Waals surface area contributed by atoms with Crippen LogP contribution in [0.2, 0.25) is 0 Å². The third kappa shape index (κ3) is 5.49. The number of thiophene rings is 1. The summed E-state index contributed by atoms with van der Waals surface area (Å²) in [6.07, 6.45) is 5.91. The van der Waals surface area contributed by atoms with E-state index in [1.165, 1.54) is 23.1 Å². The minimum absolute atomic E-state index is 0.174. The third-order valence-corrected chi connectivity index (χ3v) is 10.8. The molecule has 1 aromatic heterocycles. The predicted octanol–water partition coefficient (Wildman–Crippen LogP) is 2.88. The Labute approximate surface area is 198 Å². The number of sulfonamides is 1. The maximum atomic E-state index is 12.8. The Morgan fingerprint density at radius 3 is 2.34 bits per heavy atom. The number of rotatable bonds is 5. The molecule has 32 heavy (non-hydrogen) atoms. The monoisotopic (exact) mass is 503 g/mol. The molecule has 0 bridgehead atoms. The van der Waals surface area contributed by atoms with Gasteiger partial charge in [0, 0.05) is 17.5 Å². The molecule has 1 atom stereocenters. The third-order valence-electron chi connectivity index (χ3n) is 6.17. The molecule has 0 radical (unpaired) electrons. The first kappa shape index (κ1) is 25.5. The number of nitrogens with one attached hydrogen (secondary N) is 3. The molecule has 8 nitrogen and oxygen atoms in total. The first-order valence-corrected chi connectivity index (χ1v) is 14.5. The number of carbonyl (C=O) groups is 2. The molecule has 3 rings (SSSR count). The van der Waals surface area contributed by atoms with Crippen molar-refractivity contribution < 1.29 is 23.1 Å². The molecule has 2 aliphatic carbocycles. The lowest BCUT2D eigenvalue weighted by Gasteiger charge is -2.30. The Bertz CT molecular complexity index is 960. The molecule has 180 valence electrons. The minimum Gasteiger partial charge on any atom is -0.388 e. The van der Waals surface area contributed by atoms with Crippen molar-refractivity contribution in [2.45, 2.75) is 86.8 Å². The summed E-state index contributed by atoms with van der Waals surface area (Å²) in [5.74, 6) is -0.891. The number of hydrazine groups is 1. The number of aliphatic hydroxyl groups excluding tert-OH is 1. The van der Waals surface area contributed by atoms with Crippen molar-refractivity contribution >= 4 is 44.9 Å². The zero-order chi connectivity index (χ0) is 23.7. The molecule has 1 unspecified atom stereocenters. The number of carbonyl (C=O) groups excluding carboxylic acids is 2. The fraction of sp³-hybridized carbons (Fsp3) is 0.714. The van der Waals surface area contributed by atoms with Gasteiger partial charge in [0.2, 0.25) is 15.9 Å². The van der Waals surface area contributed by atoms with E-state index < -0.39 is 20.9 Å². The molecule has 2 amide bonds. The van der Waals surface area contributed by atoms with E-state index in [9.17, 15) is 23.1 Å². The minimum atomic E-state index is -3.43. The Kier molecular flexibility index (Phi) is 7.97. The number of thioether (sulfide) groups is 1. The second-order valence-corrected chi connectivity index (χ2v) is 14.0. The van der Waals surface area contributed by atoms with Crippen LogP contribution in [0.4, 0.5) is 0 Å². The summed E-state index contributed by atoms with van der Waals surface area (Å²) in [5.41, 5.74) is 6.83. The summed E-state index contributed by atoms with van der Waals surface area (Å²) in [6.45, 7) is 4.97. The highest BCUT2D eigenvalue weighted by molar-refractivity contribution is 8.00. The standard InChI is InChI=1S/C21H33N3O5S3/c1-21(2,3)32(28,29)24-13-10-8-12(9-11-13)18(26)22-23-19(27)17-14-6-5-7-15(25)16(14)20(30-4)31-17/h12-13,15,24-25H,5-11H2,1-4H3,(H,22,26)(H,23,27)/t12-,13-,15?. The highest BCUT2D eigenvalue weighted by Gasteiger charge is 2.34. The van der Waals surface area contributed by atoms with Crippen LogP contribution in [0.1, 0.15) is 86.2 Å². The van der Waals surface area contributed by atoms with Crippen LogP contribution in [0.15, 0.2) is 4.21 Å². The van der Waals surface area contributed by atoms with Gasteiger partial charge in [0.05, 0.1) is 19.9 Å². The average molecular weight is 504 g/mol. The lowest BCUT2D eigenvalue weighted by molar-refractivity contribution is -0.126. The summed E-state index contributed by atoms with van der Waals surface area (Å²) in [5, 5.41) is 10.3. The molecule has 1 saturated carbocycles. The Balaban J connectivity index is 1.54. The molecule has 0 aromatic carbocycles. The lowest BCUT2D eigenvalue weighted by atomic mass is 9.86.